The number of carbonyl (C=O) groups excluding carboxylic acids is 1. The van der Waals surface area contributed by atoms with E-state index >= 15 is 0 Å². The maximum atomic E-state index is 12.2. The Morgan fingerprint density at radius 2 is 1.95 bits per heavy atom. The van der Waals surface area contributed by atoms with Gasteiger partial charge in [0.1, 0.15) is 6.61 Å². The summed E-state index contributed by atoms with van der Waals surface area (Å²) in [5.74, 6) is 5.44. The third-order valence-electron chi connectivity index (χ3n) is 3.56. The quantitative estimate of drug-likeness (QED) is 0.823. The Hall–Kier alpha value is -1.31. The van der Waals surface area contributed by atoms with Gasteiger partial charge in [-0.05, 0) is 25.0 Å². The highest BCUT2D eigenvalue weighted by molar-refractivity contribution is 7.14. The molecule has 1 fully saturated rings. The Balaban J connectivity index is 1.91. The summed E-state index contributed by atoms with van der Waals surface area (Å²) in [4.78, 5) is 13.7. The average Bonchev–Trinajstić information content (AvgIpc) is 2.88. The van der Waals surface area contributed by atoms with Crippen molar-refractivity contribution in [2.45, 2.75) is 51.0 Å². The first kappa shape index (κ1) is 15.1. The van der Waals surface area contributed by atoms with E-state index in [4.69, 9.17) is 5.11 Å². The molecule has 1 aromatic rings. The van der Waals surface area contributed by atoms with Gasteiger partial charge in [0.25, 0.3) is 5.91 Å². The van der Waals surface area contributed by atoms with Crippen LogP contribution >= 0.6 is 11.3 Å². The molecule has 0 spiro atoms. The predicted octanol–water partition coefficient (Wildman–Crippen LogP) is 2.93. The van der Waals surface area contributed by atoms with Crippen LogP contribution in [0.5, 0.6) is 0 Å². The van der Waals surface area contributed by atoms with Gasteiger partial charge in [0.15, 0.2) is 0 Å². The van der Waals surface area contributed by atoms with Gasteiger partial charge in [-0.2, -0.15) is 0 Å². The first-order chi connectivity index (χ1) is 9.79. The van der Waals surface area contributed by atoms with Crippen LogP contribution in [0.2, 0.25) is 0 Å². The van der Waals surface area contributed by atoms with Gasteiger partial charge in [0.2, 0.25) is 0 Å². The second-order valence-electron chi connectivity index (χ2n) is 5.14. The maximum absolute atomic E-state index is 12.2. The van der Waals surface area contributed by atoms with E-state index in [1.165, 1.54) is 43.4 Å². The van der Waals surface area contributed by atoms with Crippen LogP contribution in [-0.4, -0.2) is 23.7 Å². The van der Waals surface area contributed by atoms with E-state index in [2.05, 4.69) is 17.2 Å². The van der Waals surface area contributed by atoms with Gasteiger partial charge in [0.05, 0.1) is 9.75 Å². The smallest absolute Gasteiger partial charge is 0.261 e. The maximum Gasteiger partial charge on any atom is 0.261 e. The molecule has 1 aromatic heterocycles. The van der Waals surface area contributed by atoms with E-state index in [0.29, 0.717) is 10.9 Å². The van der Waals surface area contributed by atoms with Crippen molar-refractivity contribution < 1.29 is 9.90 Å². The van der Waals surface area contributed by atoms with Gasteiger partial charge in [-0.15, -0.1) is 11.3 Å². The highest BCUT2D eigenvalue weighted by atomic mass is 32.1. The molecule has 1 heterocycles. The van der Waals surface area contributed by atoms with Gasteiger partial charge in [-0.1, -0.05) is 43.9 Å². The number of nitrogens with one attached hydrogen (secondary N) is 1. The Kier molecular flexibility index (Phi) is 6.10. The SMILES string of the molecule is O=C(NC1CCCCCCC1)c1ccc(C#CCO)s1. The molecule has 1 aliphatic rings. The summed E-state index contributed by atoms with van der Waals surface area (Å²) in [5.41, 5.74) is 0. The second kappa shape index (κ2) is 8.08. The highest BCUT2D eigenvalue weighted by Gasteiger charge is 2.16. The minimum atomic E-state index is -0.151. The Labute approximate surface area is 124 Å². The molecule has 1 amide bonds. The molecule has 0 aromatic carbocycles. The molecule has 0 bridgehead atoms. The topological polar surface area (TPSA) is 49.3 Å². The van der Waals surface area contributed by atoms with Crippen LogP contribution in [0, 0.1) is 11.8 Å². The number of hydrogen-bond acceptors (Lipinski definition) is 3. The Bertz CT molecular complexity index is 490. The van der Waals surface area contributed by atoms with Crippen molar-refractivity contribution in [1.29, 1.82) is 0 Å². The monoisotopic (exact) mass is 291 g/mol. The zero-order valence-corrected chi connectivity index (χ0v) is 12.5. The number of thiophene rings is 1. The summed E-state index contributed by atoms with van der Waals surface area (Å²) in [6.07, 6.45) is 8.50. The van der Waals surface area contributed by atoms with Crippen molar-refractivity contribution in [2.24, 2.45) is 0 Å². The van der Waals surface area contributed by atoms with Gasteiger partial charge in [-0.25, -0.2) is 0 Å². The first-order valence-electron chi connectivity index (χ1n) is 7.30. The van der Waals surface area contributed by atoms with E-state index in [1.54, 1.807) is 0 Å². The van der Waals surface area contributed by atoms with Gasteiger partial charge in [0, 0.05) is 6.04 Å². The molecule has 2 rings (SSSR count). The Morgan fingerprint density at radius 3 is 2.65 bits per heavy atom. The molecule has 3 nitrogen and oxygen atoms in total. The third kappa shape index (κ3) is 4.66. The summed E-state index contributed by atoms with van der Waals surface area (Å²) in [6.45, 7) is -0.151. The molecule has 108 valence electrons. The highest BCUT2D eigenvalue weighted by Crippen LogP contribution is 2.19. The van der Waals surface area contributed by atoms with Crippen LogP contribution in [0.15, 0.2) is 12.1 Å². The molecule has 1 saturated carbocycles. The zero-order valence-electron chi connectivity index (χ0n) is 11.7. The third-order valence-corrected chi connectivity index (χ3v) is 4.56. The standard InChI is InChI=1S/C16H21NO2S/c18-12-6-9-14-10-11-15(20-14)16(19)17-13-7-4-2-1-3-5-8-13/h10-11,13,18H,1-5,7-8,12H2,(H,17,19). The lowest BCUT2D eigenvalue weighted by Gasteiger charge is -2.20. The molecule has 0 saturated heterocycles. The van der Waals surface area contributed by atoms with Crippen LogP contribution in [0.4, 0.5) is 0 Å². The van der Waals surface area contributed by atoms with Crippen molar-refractivity contribution in [2.75, 3.05) is 6.61 Å². The lowest BCUT2D eigenvalue weighted by Crippen LogP contribution is -2.34. The predicted molar refractivity (Wildman–Crippen MR) is 81.9 cm³/mol. The van der Waals surface area contributed by atoms with Crippen molar-refractivity contribution in [3.8, 4) is 11.8 Å². The normalized spacial score (nSPS) is 16.6. The number of aliphatic hydroxyl groups is 1. The molecule has 4 heteroatoms. The number of rotatable bonds is 2. The molecule has 1 aliphatic carbocycles. The van der Waals surface area contributed by atoms with Gasteiger partial charge < -0.3 is 10.4 Å². The summed E-state index contributed by atoms with van der Waals surface area (Å²) < 4.78 is 0. The van der Waals surface area contributed by atoms with Crippen LogP contribution in [0.25, 0.3) is 0 Å². The van der Waals surface area contributed by atoms with Gasteiger partial charge >= 0.3 is 0 Å². The number of carbonyl (C=O) groups is 1. The van der Waals surface area contributed by atoms with Crippen LogP contribution < -0.4 is 5.32 Å². The molecule has 0 radical (unpaired) electrons. The fourth-order valence-corrected chi connectivity index (χ4v) is 3.29. The number of hydrogen-bond donors (Lipinski definition) is 2. The van der Waals surface area contributed by atoms with Gasteiger partial charge in [-0.3, -0.25) is 4.79 Å². The molecule has 20 heavy (non-hydrogen) atoms. The lowest BCUT2D eigenvalue weighted by molar-refractivity contribution is 0.0934. The molecule has 0 unspecified atom stereocenters. The van der Waals surface area contributed by atoms with E-state index in [0.717, 1.165) is 17.7 Å². The van der Waals surface area contributed by atoms with Crippen molar-refractivity contribution in [1.82, 2.24) is 5.32 Å². The van der Waals surface area contributed by atoms with E-state index in [1.807, 2.05) is 12.1 Å². The fraction of sp³-hybridized carbons (Fsp3) is 0.562. The summed E-state index contributed by atoms with van der Waals surface area (Å²) in [5, 5.41) is 11.8. The Morgan fingerprint density at radius 1 is 1.25 bits per heavy atom. The minimum Gasteiger partial charge on any atom is -0.384 e. The fourth-order valence-electron chi connectivity index (χ4n) is 2.51. The van der Waals surface area contributed by atoms with Crippen molar-refractivity contribution in [3.05, 3.63) is 21.9 Å². The minimum absolute atomic E-state index is 0.0117. The van der Waals surface area contributed by atoms with Crippen LogP contribution in [0.3, 0.4) is 0 Å². The number of aliphatic hydroxyl groups excluding tert-OH is 1. The molecule has 0 atom stereocenters. The molecular weight excluding hydrogens is 270 g/mol. The second-order valence-corrected chi connectivity index (χ2v) is 6.22. The molecular formula is C16H21NO2S. The summed E-state index contributed by atoms with van der Waals surface area (Å²) in [7, 11) is 0. The number of amides is 1. The van der Waals surface area contributed by atoms with E-state index < -0.39 is 0 Å². The zero-order chi connectivity index (χ0) is 14.2. The average molecular weight is 291 g/mol. The van der Waals surface area contributed by atoms with Crippen LogP contribution in [-0.2, 0) is 0 Å². The molecule has 2 N–H and O–H groups in total. The first-order valence-corrected chi connectivity index (χ1v) is 8.11. The van der Waals surface area contributed by atoms with Crippen molar-refractivity contribution >= 4 is 17.2 Å². The van der Waals surface area contributed by atoms with E-state index in [9.17, 15) is 4.79 Å². The largest absolute Gasteiger partial charge is 0.384 e. The summed E-state index contributed by atoms with van der Waals surface area (Å²) in [6, 6.07) is 3.96. The van der Waals surface area contributed by atoms with Crippen LogP contribution in [0.1, 0.15) is 59.5 Å². The summed E-state index contributed by atoms with van der Waals surface area (Å²) >= 11 is 1.38. The van der Waals surface area contributed by atoms with E-state index in [-0.39, 0.29) is 12.5 Å². The molecule has 0 aliphatic heterocycles. The lowest BCUT2D eigenvalue weighted by atomic mass is 9.97. The van der Waals surface area contributed by atoms with Crippen molar-refractivity contribution in [3.63, 3.8) is 0 Å².